The van der Waals surface area contributed by atoms with Gasteiger partial charge < -0.3 is 4.40 Å². The van der Waals surface area contributed by atoms with Gasteiger partial charge in [-0.3, -0.25) is 4.68 Å². The van der Waals surface area contributed by atoms with Crippen LogP contribution in [-0.4, -0.2) is 19.2 Å². The van der Waals surface area contributed by atoms with Gasteiger partial charge in [0, 0.05) is 41.5 Å². The van der Waals surface area contributed by atoms with Crippen LogP contribution in [0, 0.1) is 5.82 Å². The number of rotatable bonds is 6. The predicted octanol–water partition coefficient (Wildman–Crippen LogP) is 7.84. The average molecular weight is 521 g/mol. The molecule has 0 atom stereocenters. The SMILES string of the molecule is Fc1ccccc1-c1nn(C(c2ccccc2)(c2ccccc2)c2ccccc2)cc1-c1ccc2nccn2c1. The first kappa shape index (κ1) is 23.8. The molecule has 0 amide bonds. The van der Waals surface area contributed by atoms with Crippen molar-refractivity contribution in [2.75, 3.05) is 0 Å². The molecule has 0 N–H and O–H groups in total. The van der Waals surface area contributed by atoms with Crippen LogP contribution in [0.15, 0.2) is 152 Å². The molecule has 0 unspecified atom stereocenters. The molecule has 0 saturated heterocycles. The number of benzene rings is 4. The zero-order chi connectivity index (χ0) is 26.9. The topological polar surface area (TPSA) is 35.1 Å². The summed E-state index contributed by atoms with van der Waals surface area (Å²) in [7, 11) is 0. The van der Waals surface area contributed by atoms with Gasteiger partial charge >= 0.3 is 0 Å². The van der Waals surface area contributed by atoms with Crippen LogP contribution in [0.2, 0.25) is 0 Å². The molecule has 0 aliphatic carbocycles. The van der Waals surface area contributed by atoms with E-state index in [-0.39, 0.29) is 5.82 Å². The van der Waals surface area contributed by atoms with E-state index >= 15 is 4.39 Å². The van der Waals surface area contributed by atoms with Crippen molar-refractivity contribution in [3.8, 4) is 22.4 Å². The van der Waals surface area contributed by atoms with Crippen molar-refractivity contribution in [2.45, 2.75) is 5.54 Å². The fraction of sp³-hybridized carbons (Fsp3) is 0.0286. The number of hydrogen-bond donors (Lipinski definition) is 0. The quantitative estimate of drug-likeness (QED) is 0.209. The Morgan fingerprint density at radius 2 is 1.15 bits per heavy atom. The van der Waals surface area contributed by atoms with Crippen molar-refractivity contribution in [3.05, 3.63) is 175 Å². The van der Waals surface area contributed by atoms with Gasteiger partial charge in [0.05, 0.1) is 0 Å². The van der Waals surface area contributed by atoms with Gasteiger partial charge in [0.1, 0.15) is 22.7 Å². The number of hydrogen-bond acceptors (Lipinski definition) is 2. The molecule has 0 radical (unpaired) electrons. The smallest absolute Gasteiger partial charge is 0.138 e. The fourth-order valence-corrected chi connectivity index (χ4v) is 5.62. The summed E-state index contributed by atoms with van der Waals surface area (Å²) < 4.78 is 19.4. The first-order valence-electron chi connectivity index (χ1n) is 13.2. The third kappa shape index (κ3) is 3.83. The van der Waals surface area contributed by atoms with Crippen molar-refractivity contribution in [2.24, 2.45) is 0 Å². The van der Waals surface area contributed by atoms with Gasteiger partial charge in [0.2, 0.25) is 0 Å². The summed E-state index contributed by atoms with van der Waals surface area (Å²) in [5, 5.41) is 5.24. The maximum absolute atomic E-state index is 15.4. The second-order valence-corrected chi connectivity index (χ2v) is 9.73. The van der Waals surface area contributed by atoms with Crippen LogP contribution in [-0.2, 0) is 5.54 Å². The maximum atomic E-state index is 15.4. The van der Waals surface area contributed by atoms with Gasteiger partial charge in [0.25, 0.3) is 0 Å². The summed E-state index contributed by atoms with van der Waals surface area (Å²) >= 11 is 0. The highest BCUT2D eigenvalue weighted by Crippen LogP contribution is 2.43. The van der Waals surface area contributed by atoms with Crippen LogP contribution in [0.4, 0.5) is 4.39 Å². The number of fused-ring (bicyclic) bond motifs is 1. The summed E-state index contributed by atoms with van der Waals surface area (Å²) in [5.41, 5.74) is 5.93. The van der Waals surface area contributed by atoms with E-state index in [1.807, 2.05) is 100 Å². The largest absolute Gasteiger partial charge is 0.306 e. The molecule has 0 aliphatic rings. The van der Waals surface area contributed by atoms with Crippen molar-refractivity contribution < 1.29 is 4.39 Å². The third-order valence-corrected chi connectivity index (χ3v) is 7.46. The molecule has 7 rings (SSSR count). The summed E-state index contributed by atoms with van der Waals surface area (Å²) in [6.45, 7) is 0. The van der Waals surface area contributed by atoms with Gasteiger partial charge in [-0.25, -0.2) is 9.37 Å². The number of imidazole rings is 1. The molecule has 3 aromatic heterocycles. The summed E-state index contributed by atoms with van der Waals surface area (Å²) in [6.07, 6.45) is 7.75. The van der Waals surface area contributed by atoms with E-state index in [9.17, 15) is 0 Å². The second-order valence-electron chi connectivity index (χ2n) is 9.73. The van der Waals surface area contributed by atoms with Gasteiger partial charge in [-0.15, -0.1) is 0 Å². The Morgan fingerprint density at radius 3 is 1.75 bits per heavy atom. The van der Waals surface area contributed by atoms with Crippen LogP contribution < -0.4 is 0 Å². The molecule has 0 spiro atoms. The zero-order valence-electron chi connectivity index (χ0n) is 21.6. The molecule has 0 fully saturated rings. The molecular weight excluding hydrogens is 495 g/mol. The number of aromatic nitrogens is 4. The van der Waals surface area contributed by atoms with E-state index in [4.69, 9.17) is 5.10 Å². The summed E-state index contributed by atoms with van der Waals surface area (Å²) in [6, 6.07) is 41.9. The zero-order valence-corrected chi connectivity index (χ0v) is 21.6. The van der Waals surface area contributed by atoms with Crippen LogP contribution in [0.3, 0.4) is 0 Å². The number of halogens is 1. The summed E-state index contributed by atoms with van der Waals surface area (Å²) in [4.78, 5) is 4.39. The lowest BCUT2D eigenvalue weighted by atomic mass is 9.77. The molecule has 7 aromatic rings. The van der Waals surface area contributed by atoms with Crippen molar-refractivity contribution in [1.82, 2.24) is 19.2 Å². The van der Waals surface area contributed by atoms with E-state index in [1.54, 1.807) is 18.3 Å². The first-order valence-corrected chi connectivity index (χ1v) is 13.2. The normalized spacial score (nSPS) is 11.6. The van der Waals surface area contributed by atoms with Crippen molar-refractivity contribution in [3.63, 3.8) is 0 Å². The Bertz CT molecular complexity index is 1810. The molecule has 4 nitrogen and oxygen atoms in total. The predicted molar refractivity (Wildman–Crippen MR) is 156 cm³/mol. The number of pyridine rings is 1. The molecule has 192 valence electrons. The van der Waals surface area contributed by atoms with Crippen molar-refractivity contribution in [1.29, 1.82) is 0 Å². The van der Waals surface area contributed by atoms with Gasteiger partial charge in [-0.1, -0.05) is 103 Å². The monoisotopic (exact) mass is 520 g/mol. The molecule has 5 heteroatoms. The van der Waals surface area contributed by atoms with E-state index in [2.05, 4.69) is 41.4 Å². The van der Waals surface area contributed by atoms with Gasteiger partial charge in [0.15, 0.2) is 0 Å². The summed E-state index contributed by atoms with van der Waals surface area (Å²) in [5.74, 6) is -0.317. The Hall–Kier alpha value is -5.29. The molecular formula is C35H25FN4. The fourth-order valence-electron chi connectivity index (χ4n) is 5.62. The molecule has 40 heavy (non-hydrogen) atoms. The first-order chi connectivity index (χ1) is 19.7. The minimum atomic E-state index is -0.818. The Kier molecular flexibility index (Phi) is 5.82. The van der Waals surface area contributed by atoms with Gasteiger partial charge in [-0.2, -0.15) is 5.10 Å². The highest BCUT2D eigenvalue weighted by molar-refractivity contribution is 5.81. The highest BCUT2D eigenvalue weighted by Gasteiger charge is 2.40. The third-order valence-electron chi connectivity index (χ3n) is 7.46. The van der Waals surface area contributed by atoms with E-state index in [0.29, 0.717) is 11.3 Å². The minimum Gasteiger partial charge on any atom is -0.306 e. The van der Waals surface area contributed by atoms with E-state index < -0.39 is 5.54 Å². The maximum Gasteiger partial charge on any atom is 0.138 e. The highest BCUT2D eigenvalue weighted by atomic mass is 19.1. The molecule has 0 aliphatic heterocycles. The molecule has 4 aromatic carbocycles. The molecule has 3 heterocycles. The Morgan fingerprint density at radius 1 is 0.575 bits per heavy atom. The van der Waals surface area contributed by atoms with Crippen LogP contribution >= 0.6 is 0 Å². The Balaban J connectivity index is 1.59. The number of nitrogens with zero attached hydrogens (tertiary/aromatic N) is 4. The Labute approximate surface area is 231 Å². The van der Waals surface area contributed by atoms with Crippen LogP contribution in [0.25, 0.3) is 28.0 Å². The average Bonchev–Trinajstić information content (AvgIpc) is 3.67. The van der Waals surface area contributed by atoms with Crippen LogP contribution in [0.5, 0.6) is 0 Å². The van der Waals surface area contributed by atoms with Crippen LogP contribution in [0.1, 0.15) is 16.7 Å². The van der Waals surface area contributed by atoms with Gasteiger partial charge in [-0.05, 0) is 41.0 Å². The standard InChI is InChI=1S/C35H25FN4/c36-32-19-11-10-18-30(32)34-31(26-20-21-33-37-22-23-39(33)24-26)25-40(38-34)35(27-12-4-1-5-13-27,28-14-6-2-7-15-28)29-16-8-3-9-17-29/h1-25H. The van der Waals surface area contributed by atoms with E-state index in [1.165, 1.54) is 6.07 Å². The van der Waals surface area contributed by atoms with Crippen molar-refractivity contribution >= 4 is 5.65 Å². The second kappa shape index (κ2) is 9.79. The molecule has 0 bridgehead atoms. The lowest BCUT2D eigenvalue weighted by Gasteiger charge is -2.36. The lowest BCUT2D eigenvalue weighted by Crippen LogP contribution is -2.38. The molecule has 0 saturated carbocycles. The minimum absolute atomic E-state index is 0.317. The lowest BCUT2D eigenvalue weighted by molar-refractivity contribution is 0.461. The van der Waals surface area contributed by atoms with E-state index in [0.717, 1.165) is 33.5 Å².